The lowest BCUT2D eigenvalue weighted by Crippen LogP contribution is -2.38. The molecule has 3 nitrogen and oxygen atoms in total. The van der Waals surface area contributed by atoms with Gasteiger partial charge in [-0.3, -0.25) is 9.88 Å². The summed E-state index contributed by atoms with van der Waals surface area (Å²) in [5, 5.41) is 1.06. The molecule has 0 bridgehead atoms. The second-order valence-electron chi connectivity index (χ2n) is 7.14. The van der Waals surface area contributed by atoms with E-state index in [2.05, 4.69) is 41.4 Å². The number of nitrogens with zero attached hydrogens (tertiary/aromatic N) is 3. The Hall–Kier alpha value is -2.20. The SMILES string of the molecule is CC1Cc2c(c3cc(F)ccc3n2CCc2ccccn2)C(C)N1C. The summed E-state index contributed by atoms with van der Waals surface area (Å²) in [6.45, 7) is 5.36. The number of aryl methyl sites for hydroxylation is 2. The van der Waals surface area contributed by atoms with Gasteiger partial charge in [0.15, 0.2) is 0 Å². The van der Waals surface area contributed by atoms with Gasteiger partial charge in [0.05, 0.1) is 0 Å². The summed E-state index contributed by atoms with van der Waals surface area (Å²) >= 11 is 0. The highest BCUT2D eigenvalue weighted by Crippen LogP contribution is 2.39. The molecule has 1 aliphatic rings. The molecule has 2 unspecified atom stereocenters. The maximum absolute atomic E-state index is 13.9. The van der Waals surface area contributed by atoms with Crippen molar-refractivity contribution in [3.8, 4) is 0 Å². The molecule has 1 aromatic carbocycles. The van der Waals surface area contributed by atoms with Crippen molar-refractivity contribution in [2.24, 2.45) is 0 Å². The molecule has 0 fully saturated rings. The minimum absolute atomic E-state index is 0.161. The molecule has 0 saturated heterocycles. The molecule has 1 aliphatic heterocycles. The summed E-state index contributed by atoms with van der Waals surface area (Å²) < 4.78 is 16.3. The number of likely N-dealkylation sites (N-methyl/N-ethyl adjacent to an activating group) is 1. The van der Waals surface area contributed by atoms with E-state index in [-0.39, 0.29) is 5.82 Å². The van der Waals surface area contributed by atoms with Crippen LogP contribution in [-0.2, 0) is 19.4 Å². The highest BCUT2D eigenvalue weighted by molar-refractivity contribution is 5.86. The molecule has 0 radical (unpaired) electrons. The lowest BCUT2D eigenvalue weighted by atomic mass is 9.93. The summed E-state index contributed by atoms with van der Waals surface area (Å²) in [6.07, 6.45) is 3.72. The van der Waals surface area contributed by atoms with Crippen LogP contribution in [0.15, 0.2) is 42.6 Å². The Morgan fingerprint density at radius 2 is 2.04 bits per heavy atom. The Balaban J connectivity index is 1.82. The third-order valence-corrected chi connectivity index (χ3v) is 5.71. The van der Waals surface area contributed by atoms with Crippen LogP contribution in [0.25, 0.3) is 10.9 Å². The van der Waals surface area contributed by atoms with E-state index in [4.69, 9.17) is 0 Å². The van der Waals surface area contributed by atoms with Crippen molar-refractivity contribution in [3.63, 3.8) is 0 Å². The van der Waals surface area contributed by atoms with Gasteiger partial charge in [0.25, 0.3) is 0 Å². The van der Waals surface area contributed by atoms with Gasteiger partial charge in [-0.1, -0.05) is 6.07 Å². The summed E-state index contributed by atoms with van der Waals surface area (Å²) in [6, 6.07) is 12.0. The van der Waals surface area contributed by atoms with Crippen molar-refractivity contribution in [1.29, 1.82) is 0 Å². The molecular formula is C21H24FN3. The zero-order chi connectivity index (χ0) is 17.6. The summed E-state index contributed by atoms with van der Waals surface area (Å²) in [4.78, 5) is 6.83. The number of halogens is 1. The van der Waals surface area contributed by atoms with Gasteiger partial charge in [-0.05, 0) is 56.8 Å². The normalized spacial score (nSPS) is 20.8. The molecule has 4 heteroatoms. The molecule has 3 aromatic rings. The second-order valence-corrected chi connectivity index (χ2v) is 7.14. The molecule has 2 atom stereocenters. The zero-order valence-electron chi connectivity index (χ0n) is 15.0. The molecule has 0 spiro atoms. The van der Waals surface area contributed by atoms with E-state index in [9.17, 15) is 4.39 Å². The van der Waals surface area contributed by atoms with Crippen molar-refractivity contribution in [3.05, 3.63) is 65.4 Å². The zero-order valence-corrected chi connectivity index (χ0v) is 15.0. The van der Waals surface area contributed by atoms with Crippen LogP contribution in [0.5, 0.6) is 0 Å². The van der Waals surface area contributed by atoms with Crippen LogP contribution in [0.1, 0.15) is 36.8 Å². The number of pyridine rings is 1. The lowest BCUT2D eigenvalue weighted by Gasteiger charge is -2.36. The maximum atomic E-state index is 13.9. The molecule has 3 heterocycles. The Bertz CT molecular complexity index is 900. The topological polar surface area (TPSA) is 21.1 Å². The summed E-state index contributed by atoms with van der Waals surface area (Å²) in [5.74, 6) is -0.161. The first-order valence-electron chi connectivity index (χ1n) is 8.98. The molecule has 4 rings (SSSR count). The highest BCUT2D eigenvalue weighted by atomic mass is 19.1. The summed E-state index contributed by atoms with van der Waals surface area (Å²) in [5.41, 5.74) is 4.87. The van der Waals surface area contributed by atoms with E-state index < -0.39 is 0 Å². The standard InChI is InChI=1S/C21H24FN3/c1-14-12-20-21(15(2)24(14)3)18-13-16(22)7-8-19(18)25(20)11-9-17-6-4-5-10-23-17/h4-8,10,13-15H,9,11-12H2,1-3H3. The first kappa shape index (κ1) is 16.3. The third-order valence-electron chi connectivity index (χ3n) is 5.71. The maximum Gasteiger partial charge on any atom is 0.123 e. The average molecular weight is 337 g/mol. The molecule has 0 N–H and O–H groups in total. The Labute approximate surface area is 148 Å². The fourth-order valence-corrected chi connectivity index (χ4v) is 4.13. The quantitative estimate of drug-likeness (QED) is 0.708. The Kier molecular flexibility index (Phi) is 4.08. The van der Waals surface area contributed by atoms with E-state index >= 15 is 0 Å². The number of fused-ring (bicyclic) bond motifs is 3. The molecule has 130 valence electrons. The third kappa shape index (κ3) is 2.74. The Morgan fingerprint density at radius 3 is 2.80 bits per heavy atom. The van der Waals surface area contributed by atoms with Crippen molar-refractivity contribution in [2.75, 3.05) is 7.05 Å². The fraction of sp³-hybridized carbons (Fsp3) is 0.381. The van der Waals surface area contributed by atoms with Gasteiger partial charge in [0.2, 0.25) is 0 Å². The predicted molar refractivity (Wildman–Crippen MR) is 99.2 cm³/mol. The summed E-state index contributed by atoms with van der Waals surface area (Å²) in [7, 11) is 2.16. The van der Waals surface area contributed by atoms with Crippen LogP contribution in [-0.4, -0.2) is 27.5 Å². The van der Waals surface area contributed by atoms with Crippen LogP contribution < -0.4 is 0 Å². The van der Waals surface area contributed by atoms with Crippen LogP contribution in [0.4, 0.5) is 4.39 Å². The molecule has 2 aromatic heterocycles. The molecular weight excluding hydrogens is 313 g/mol. The predicted octanol–water partition coefficient (Wildman–Crippen LogP) is 4.36. The van der Waals surface area contributed by atoms with Crippen molar-refractivity contribution < 1.29 is 4.39 Å². The van der Waals surface area contributed by atoms with E-state index in [1.54, 1.807) is 12.1 Å². The minimum Gasteiger partial charge on any atom is -0.344 e. The average Bonchev–Trinajstić information content (AvgIpc) is 2.91. The van der Waals surface area contributed by atoms with Gasteiger partial charge in [-0.25, -0.2) is 4.39 Å². The van der Waals surface area contributed by atoms with Crippen LogP contribution >= 0.6 is 0 Å². The monoisotopic (exact) mass is 337 g/mol. The van der Waals surface area contributed by atoms with Gasteiger partial charge in [0.1, 0.15) is 5.82 Å². The van der Waals surface area contributed by atoms with Gasteiger partial charge in [-0.15, -0.1) is 0 Å². The Morgan fingerprint density at radius 1 is 1.20 bits per heavy atom. The van der Waals surface area contributed by atoms with Gasteiger partial charge >= 0.3 is 0 Å². The molecule has 25 heavy (non-hydrogen) atoms. The smallest absolute Gasteiger partial charge is 0.123 e. The van der Waals surface area contributed by atoms with Crippen molar-refractivity contribution in [1.82, 2.24) is 14.5 Å². The fourth-order valence-electron chi connectivity index (χ4n) is 4.13. The number of benzene rings is 1. The van der Waals surface area contributed by atoms with Gasteiger partial charge < -0.3 is 4.57 Å². The van der Waals surface area contributed by atoms with Crippen LogP contribution in [0.3, 0.4) is 0 Å². The van der Waals surface area contributed by atoms with Crippen LogP contribution in [0, 0.1) is 5.82 Å². The van der Waals surface area contributed by atoms with E-state index in [0.29, 0.717) is 12.1 Å². The second kappa shape index (κ2) is 6.26. The first-order valence-corrected chi connectivity index (χ1v) is 8.98. The molecule has 0 amide bonds. The number of hydrogen-bond acceptors (Lipinski definition) is 2. The number of aromatic nitrogens is 2. The molecule has 0 aliphatic carbocycles. The first-order chi connectivity index (χ1) is 12.1. The van der Waals surface area contributed by atoms with Crippen molar-refractivity contribution in [2.45, 2.75) is 45.3 Å². The van der Waals surface area contributed by atoms with E-state index in [0.717, 1.165) is 36.0 Å². The van der Waals surface area contributed by atoms with E-state index in [1.807, 2.05) is 24.4 Å². The largest absolute Gasteiger partial charge is 0.344 e. The van der Waals surface area contributed by atoms with Crippen molar-refractivity contribution >= 4 is 10.9 Å². The number of hydrogen-bond donors (Lipinski definition) is 0. The van der Waals surface area contributed by atoms with Gasteiger partial charge in [-0.2, -0.15) is 0 Å². The minimum atomic E-state index is -0.161. The lowest BCUT2D eigenvalue weighted by molar-refractivity contribution is 0.177. The number of rotatable bonds is 3. The molecule has 0 saturated carbocycles. The highest BCUT2D eigenvalue weighted by Gasteiger charge is 2.31. The van der Waals surface area contributed by atoms with E-state index in [1.165, 1.54) is 11.3 Å². The van der Waals surface area contributed by atoms with Gasteiger partial charge in [0, 0.05) is 60.0 Å². The van der Waals surface area contributed by atoms with Crippen LogP contribution in [0.2, 0.25) is 0 Å².